The SMILES string of the molecule is COCCCn1c(C2CCCN(C(=O)CC(Cc3ccc(-n4c(=O)[nH]c5ccc(C)cc54)cc3)NC(=O)OC(C)(C)C)C2)nc2ccccc21. The molecular formula is C39H48N6O5. The maximum absolute atomic E-state index is 14.0. The molecule has 0 radical (unpaired) electrons. The molecular weight excluding hydrogens is 632 g/mol. The molecule has 264 valence electrons. The highest BCUT2D eigenvalue weighted by molar-refractivity contribution is 5.79. The Labute approximate surface area is 292 Å². The lowest BCUT2D eigenvalue weighted by atomic mass is 9.95. The molecule has 2 atom stereocenters. The van der Waals surface area contributed by atoms with Crippen LogP contribution in [0.3, 0.4) is 0 Å². The zero-order chi connectivity index (χ0) is 35.4. The van der Waals surface area contributed by atoms with Crippen LogP contribution in [-0.2, 0) is 27.2 Å². The molecule has 3 aromatic carbocycles. The first-order valence-corrected chi connectivity index (χ1v) is 17.5. The molecule has 2 amide bonds. The summed E-state index contributed by atoms with van der Waals surface area (Å²) in [6, 6.07) is 21.2. The summed E-state index contributed by atoms with van der Waals surface area (Å²) >= 11 is 0. The van der Waals surface area contributed by atoms with E-state index in [0.717, 1.165) is 70.5 Å². The summed E-state index contributed by atoms with van der Waals surface area (Å²) in [6.45, 7) is 10.1. The molecule has 2 unspecified atom stereocenters. The van der Waals surface area contributed by atoms with Crippen LogP contribution in [0.2, 0.25) is 0 Å². The van der Waals surface area contributed by atoms with Gasteiger partial charge in [0.2, 0.25) is 5.91 Å². The zero-order valence-corrected chi connectivity index (χ0v) is 29.7. The number of alkyl carbamates (subject to hydrolysis) is 1. The van der Waals surface area contributed by atoms with E-state index in [0.29, 0.717) is 26.1 Å². The van der Waals surface area contributed by atoms with Crippen LogP contribution >= 0.6 is 0 Å². The topological polar surface area (TPSA) is 123 Å². The molecule has 3 heterocycles. The molecule has 2 aromatic heterocycles. The second kappa shape index (κ2) is 14.9. The van der Waals surface area contributed by atoms with Gasteiger partial charge >= 0.3 is 11.8 Å². The lowest BCUT2D eigenvalue weighted by Gasteiger charge is -2.34. The van der Waals surface area contributed by atoms with Gasteiger partial charge in [0.15, 0.2) is 0 Å². The van der Waals surface area contributed by atoms with Crippen molar-refractivity contribution in [3.63, 3.8) is 0 Å². The highest BCUT2D eigenvalue weighted by atomic mass is 16.6. The number of piperidine rings is 1. The van der Waals surface area contributed by atoms with E-state index in [9.17, 15) is 14.4 Å². The number of hydrogen-bond acceptors (Lipinski definition) is 6. The Morgan fingerprint density at radius 1 is 1.06 bits per heavy atom. The van der Waals surface area contributed by atoms with Crippen molar-refractivity contribution in [2.45, 2.75) is 83.9 Å². The number of methoxy groups -OCH3 is 1. The fourth-order valence-corrected chi connectivity index (χ4v) is 6.95. The van der Waals surface area contributed by atoms with Gasteiger partial charge in [0.25, 0.3) is 0 Å². The van der Waals surface area contributed by atoms with Gasteiger partial charge in [0.05, 0.1) is 27.8 Å². The van der Waals surface area contributed by atoms with Gasteiger partial charge in [0, 0.05) is 51.7 Å². The minimum absolute atomic E-state index is 0.0184. The molecule has 1 fully saturated rings. The Morgan fingerprint density at radius 3 is 2.60 bits per heavy atom. The van der Waals surface area contributed by atoms with Gasteiger partial charge in [-0.2, -0.15) is 0 Å². The summed E-state index contributed by atoms with van der Waals surface area (Å²) in [5.74, 6) is 1.09. The van der Waals surface area contributed by atoms with Gasteiger partial charge < -0.3 is 29.2 Å². The van der Waals surface area contributed by atoms with Crippen molar-refractivity contribution in [1.82, 2.24) is 29.3 Å². The largest absolute Gasteiger partial charge is 0.444 e. The first kappa shape index (κ1) is 34.9. The number of nitrogens with zero attached hydrogens (tertiary/aromatic N) is 4. The molecule has 1 aliphatic heterocycles. The Kier molecular flexibility index (Phi) is 10.4. The third-order valence-corrected chi connectivity index (χ3v) is 9.21. The Morgan fingerprint density at radius 2 is 1.84 bits per heavy atom. The number of aryl methyl sites for hydroxylation is 2. The van der Waals surface area contributed by atoms with Crippen molar-refractivity contribution in [3.05, 3.63) is 94.2 Å². The van der Waals surface area contributed by atoms with Gasteiger partial charge in [-0.1, -0.05) is 30.3 Å². The number of para-hydroxylation sites is 2. The number of fused-ring (bicyclic) bond motifs is 2. The number of aromatic nitrogens is 4. The molecule has 0 spiro atoms. The first-order valence-electron chi connectivity index (χ1n) is 17.5. The van der Waals surface area contributed by atoms with Crippen LogP contribution in [0.4, 0.5) is 4.79 Å². The molecule has 1 saturated heterocycles. The van der Waals surface area contributed by atoms with Crippen molar-refractivity contribution in [3.8, 4) is 5.69 Å². The third-order valence-electron chi connectivity index (χ3n) is 9.21. The number of ether oxygens (including phenoxy) is 2. The summed E-state index contributed by atoms with van der Waals surface area (Å²) in [5, 5.41) is 2.98. The Balaban J connectivity index is 1.19. The fraction of sp³-hybridized carbons (Fsp3) is 0.436. The standard InChI is InChI=1S/C39H48N6O5/c1-26-13-18-32-34(22-26)45(37(47)42-32)30-16-14-27(15-17-30)23-29(40-38(48)50-39(2,3)4)24-35(46)43-19-8-10-28(25-43)36-41-31-11-6-7-12-33(31)44(36)20-9-21-49-5/h6-7,11-18,22,28-29H,8-10,19-21,23-25H2,1-5H3,(H,40,48)(H,42,47). The van der Waals surface area contributed by atoms with Crippen molar-refractivity contribution in [1.29, 1.82) is 0 Å². The number of likely N-dealkylation sites (tertiary alicyclic amines) is 1. The monoisotopic (exact) mass is 680 g/mol. The molecule has 2 N–H and O–H groups in total. The number of nitrogens with one attached hydrogen (secondary N) is 2. The summed E-state index contributed by atoms with van der Waals surface area (Å²) in [7, 11) is 1.71. The highest BCUT2D eigenvalue weighted by Crippen LogP contribution is 2.30. The predicted octanol–water partition coefficient (Wildman–Crippen LogP) is 6.25. The van der Waals surface area contributed by atoms with Crippen molar-refractivity contribution >= 4 is 34.1 Å². The first-order chi connectivity index (χ1) is 24.0. The minimum atomic E-state index is -0.681. The number of benzene rings is 3. The van der Waals surface area contributed by atoms with Crippen molar-refractivity contribution in [2.24, 2.45) is 0 Å². The van der Waals surface area contributed by atoms with Crippen LogP contribution in [0.15, 0.2) is 71.5 Å². The van der Waals surface area contributed by atoms with Crippen LogP contribution < -0.4 is 11.0 Å². The molecule has 5 aromatic rings. The minimum Gasteiger partial charge on any atom is -0.444 e. The molecule has 0 bridgehead atoms. The van der Waals surface area contributed by atoms with Crippen molar-refractivity contribution < 1.29 is 19.1 Å². The van der Waals surface area contributed by atoms with Crippen LogP contribution in [0.1, 0.15) is 69.3 Å². The normalized spacial score (nSPS) is 15.8. The second-order valence-corrected chi connectivity index (χ2v) is 14.3. The number of carbonyl (C=O) groups excluding carboxylic acids is 2. The maximum Gasteiger partial charge on any atom is 0.407 e. The molecule has 11 heteroatoms. The average Bonchev–Trinajstić information content (AvgIpc) is 3.61. The Bertz CT molecular complexity index is 2020. The molecule has 50 heavy (non-hydrogen) atoms. The van der Waals surface area contributed by atoms with Crippen LogP contribution in [0.5, 0.6) is 0 Å². The average molecular weight is 681 g/mol. The van der Waals surface area contributed by atoms with Crippen molar-refractivity contribution in [2.75, 3.05) is 26.8 Å². The summed E-state index contributed by atoms with van der Waals surface area (Å²) in [5.41, 5.74) is 5.46. The molecule has 0 saturated carbocycles. The number of carbonyl (C=O) groups is 2. The molecule has 6 rings (SSSR count). The third kappa shape index (κ3) is 8.10. The number of hydrogen-bond donors (Lipinski definition) is 2. The zero-order valence-electron chi connectivity index (χ0n) is 29.7. The van der Waals surface area contributed by atoms with Gasteiger partial charge in [-0.15, -0.1) is 0 Å². The van der Waals surface area contributed by atoms with E-state index in [2.05, 4.69) is 20.9 Å². The van der Waals surface area contributed by atoms with E-state index in [1.54, 1.807) is 11.7 Å². The van der Waals surface area contributed by atoms with E-state index in [4.69, 9.17) is 14.5 Å². The van der Waals surface area contributed by atoms with Gasteiger partial charge in [-0.25, -0.2) is 14.6 Å². The van der Waals surface area contributed by atoms with Gasteiger partial charge in [0.1, 0.15) is 11.4 Å². The number of rotatable bonds is 11. The second-order valence-electron chi connectivity index (χ2n) is 14.3. The van der Waals surface area contributed by atoms with Crippen LogP contribution in [0.25, 0.3) is 27.8 Å². The van der Waals surface area contributed by atoms with E-state index in [-0.39, 0.29) is 23.9 Å². The summed E-state index contributed by atoms with van der Waals surface area (Å²) in [6.07, 6.45) is 2.67. The summed E-state index contributed by atoms with van der Waals surface area (Å²) in [4.78, 5) is 49.7. The van der Waals surface area contributed by atoms with Crippen LogP contribution in [0, 0.1) is 6.92 Å². The number of H-pyrrole nitrogens is 1. The van der Waals surface area contributed by atoms with Gasteiger partial charge in [-0.3, -0.25) is 9.36 Å². The number of amides is 2. The lowest BCUT2D eigenvalue weighted by molar-refractivity contribution is -0.133. The van der Waals surface area contributed by atoms with E-state index < -0.39 is 17.7 Å². The van der Waals surface area contributed by atoms with E-state index in [1.807, 2.05) is 93.3 Å². The number of imidazole rings is 2. The fourth-order valence-electron chi connectivity index (χ4n) is 6.95. The van der Waals surface area contributed by atoms with Crippen LogP contribution in [-0.4, -0.2) is 74.5 Å². The van der Waals surface area contributed by atoms with E-state index >= 15 is 0 Å². The molecule has 1 aliphatic rings. The van der Waals surface area contributed by atoms with E-state index in [1.165, 1.54) is 0 Å². The Hall–Kier alpha value is -4.90. The smallest absolute Gasteiger partial charge is 0.407 e. The predicted molar refractivity (Wildman–Crippen MR) is 195 cm³/mol. The molecule has 11 nitrogen and oxygen atoms in total. The lowest BCUT2D eigenvalue weighted by Crippen LogP contribution is -2.46. The van der Waals surface area contributed by atoms with Gasteiger partial charge in [-0.05, 0) is 101 Å². The summed E-state index contributed by atoms with van der Waals surface area (Å²) < 4.78 is 14.9. The quantitative estimate of drug-likeness (QED) is 0.159. The maximum atomic E-state index is 14.0. The molecule has 0 aliphatic carbocycles. The highest BCUT2D eigenvalue weighted by Gasteiger charge is 2.30. The number of aromatic amines is 1.